The van der Waals surface area contributed by atoms with Gasteiger partial charge < -0.3 is 9.47 Å². The Balaban J connectivity index is 1.57. The summed E-state index contributed by atoms with van der Waals surface area (Å²) in [5.74, 6) is 0.455. The third-order valence-corrected chi connectivity index (χ3v) is 7.38. The number of esters is 2. The van der Waals surface area contributed by atoms with Crippen molar-refractivity contribution < 1.29 is 19.1 Å². The Morgan fingerprint density at radius 3 is 2.59 bits per heavy atom. The van der Waals surface area contributed by atoms with Crippen LogP contribution in [0.5, 0.6) is 0 Å². The predicted molar refractivity (Wildman–Crippen MR) is 79.8 cm³/mol. The minimum absolute atomic E-state index is 0.0346. The maximum atomic E-state index is 12.9. The van der Waals surface area contributed by atoms with E-state index in [1.54, 1.807) is 0 Å². The molecule has 3 fully saturated rings. The summed E-state index contributed by atoms with van der Waals surface area (Å²) >= 11 is 0. The predicted octanol–water partition coefficient (Wildman–Crippen LogP) is 3.01. The number of hydrogen-bond donors (Lipinski definition) is 0. The lowest BCUT2D eigenvalue weighted by Crippen LogP contribution is -2.52. The SMILES string of the molecule is CC1=CC[C@H]2C[C@@H](OC(=O)[C@@]34CC[C@@](C)(C(=O)O3)C4(C)C)[C@@H]12. The quantitative estimate of drug-likeness (QED) is 0.581. The van der Waals surface area contributed by atoms with Crippen LogP contribution < -0.4 is 0 Å². The molecule has 3 aliphatic carbocycles. The summed E-state index contributed by atoms with van der Waals surface area (Å²) in [5.41, 5.74) is -0.833. The van der Waals surface area contributed by atoms with Crippen LogP contribution in [-0.4, -0.2) is 23.6 Å². The van der Waals surface area contributed by atoms with E-state index in [0.717, 1.165) is 12.8 Å². The van der Waals surface area contributed by atoms with Crippen LogP contribution in [0.1, 0.15) is 53.4 Å². The Labute approximate surface area is 131 Å². The van der Waals surface area contributed by atoms with Crippen LogP contribution in [0, 0.1) is 22.7 Å². The van der Waals surface area contributed by atoms with Gasteiger partial charge in [-0.2, -0.15) is 0 Å². The molecule has 0 aromatic heterocycles. The fourth-order valence-corrected chi connectivity index (χ4v) is 5.14. The lowest BCUT2D eigenvalue weighted by molar-refractivity contribution is -0.194. The van der Waals surface area contributed by atoms with E-state index in [9.17, 15) is 9.59 Å². The second-order valence-corrected chi connectivity index (χ2v) is 8.32. The van der Waals surface area contributed by atoms with E-state index in [1.165, 1.54) is 5.57 Å². The van der Waals surface area contributed by atoms with Gasteiger partial charge in [-0.3, -0.25) is 4.79 Å². The molecule has 0 spiro atoms. The molecule has 0 radical (unpaired) electrons. The first-order valence-electron chi connectivity index (χ1n) is 8.34. The maximum absolute atomic E-state index is 12.9. The summed E-state index contributed by atoms with van der Waals surface area (Å²) in [6.45, 7) is 7.97. The van der Waals surface area contributed by atoms with Crippen LogP contribution in [0.2, 0.25) is 0 Å². The molecule has 5 atom stereocenters. The number of ether oxygens (including phenoxy) is 2. The van der Waals surface area contributed by atoms with Crippen molar-refractivity contribution >= 4 is 11.9 Å². The average molecular weight is 304 g/mol. The van der Waals surface area contributed by atoms with Crippen molar-refractivity contribution in [2.75, 3.05) is 0 Å². The molecular weight excluding hydrogens is 280 g/mol. The Hall–Kier alpha value is -1.32. The van der Waals surface area contributed by atoms with Gasteiger partial charge in [0.1, 0.15) is 6.10 Å². The van der Waals surface area contributed by atoms with Crippen molar-refractivity contribution in [3.63, 3.8) is 0 Å². The largest absolute Gasteiger partial charge is 0.459 e. The Morgan fingerprint density at radius 2 is 2.05 bits per heavy atom. The Kier molecular flexibility index (Phi) is 2.57. The molecule has 2 saturated carbocycles. The zero-order chi connectivity index (χ0) is 15.9. The Morgan fingerprint density at radius 1 is 1.32 bits per heavy atom. The highest BCUT2D eigenvalue weighted by molar-refractivity contribution is 5.93. The van der Waals surface area contributed by atoms with E-state index in [1.807, 2.05) is 20.8 Å². The third kappa shape index (κ3) is 1.35. The van der Waals surface area contributed by atoms with E-state index >= 15 is 0 Å². The molecule has 0 aromatic rings. The standard InChI is InChI=1S/C18H24O4/c1-10-5-6-11-9-12(13(10)11)21-15(20)18-8-7-17(4,14(19)22-18)16(18,2)3/h5,11-13H,6-9H2,1-4H3/t11-,12+,13-,17-,18+/m0/s1. The van der Waals surface area contributed by atoms with E-state index in [0.29, 0.717) is 24.7 Å². The van der Waals surface area contributed by atoms with Gasteiger partial charge in [-0.25, -0.2) is 4.79 Å². The molecule has 0 amide bonds. The van der Waals surface area contributed by atoms with Crippen LogP contribution >= 0.6 is 0 Å². The zero-order valence-electron chi connectivity index (χ0n) is 13.8. The van der Waals surface area contributed by atoms with E-state index in [-0.39, 0.29) is 18.0 Å². The summed E-state index contributed by atoms with van der Waals surface area (Å²) in [5, 5.41) is 0. The van der Waals surface area contributed by atoms with Crippen molar-refractivity contribution in [2.45, 2.75) is 65.1 Å². The van der Waals surface area contributed by atoms with E-state index in [4.69, 9.17) is 9.47 Å². The molecule has 4 nitrogen and oxygen atoms in total. The highest BCUT2D eigenvalue weighted by atomic mass is 16.6. The lowest BCUT2D eigenvalue weighted by atomic mass is 9.66. The number of rotatable bonds is 2. The van der Waals surface area contributed by atoms with Gasteiger partial charge >= 0.3 is 11.9 Å². The van der Waals surface area contributed by atoms with Crippen LogP contribution in [0.3, 0.4) is 0 Å². The van der Waals surface area contributed by atoms with Crippen LogP contribution in [0.25, 0.3) is 0 Å². The molecule has 1 aliphatic heterocycles. The second-order valence-electron chi connectivity index (χ2n) is 8.32. The summed E-state index contributed by atoms with van der Waals surface area (Å²) in [6.07, 6.45) is 5.54. The summed E-state index contributed by atoms with van der Waals surface area (Å²) in [6, 6.07) is 0. The molecule has 0 N–H and O–H groups in total. The van der Waals surface area contributed by atoms with Gasteiger partial charge in [0.25, 0.3) is 0 Å². The first kappa shape index (κ1) is 14.3. The molecule has 0 unspecified atom stereocenters. The van der Waals surface area contributed by atoms with Crippen LogP contribution in [0.4, 0.5) is 0 Å². The molecular formula is C18H24O4. The van der Waals surface area contributed by atoms with E-state index < -0.39 is 16.4 Å². The van der Waals surface area contributed by atoms with Crippen molar-refractivity contribution in [1.82, 2.24) is 0 Å². The second kappa shape index (κ2) is 3.95. The van der Waals surface area contributed by atoms with E-state index in [2.05, 4.69) is 13.0 Å². The van der Waals surface area contributed by atoms with Gasteiger partial charge in [-0.05, 0) is 45.4 Å². The number of fused-ring (bicyclic) bond motifs is 3. The van der Waals surface area contributed by atoms with Crippen LogP contribution in [0.15, 0.2) is 11.6 Å². The summed E-state index contributed by atoms with van der Waals surface area (Å²) in [4.78, 5) is 25.2. The molecule has 1 saturated heterocycles. The summed E-state index contributed by atoms with van der Waals surface area (Å²) < 4.78 is 11.5. The fourth-order valence-electron chi connectivity index (χ4n) is 5.14. The lowest BCUT2D eigenvalue weighted by Gasteiger charge is -2.43. The third-order valence-electron chi connectivity index (χ3n) is 7.38. The van der Waals surface area contributed by atoms with Gasteiger partial charge in [0.15, 0.2) is 0 Å². The highest BCUT2D eigenvalue weighted by Gasteiger charge is 2.76. The molecule has 4 aliphatic rings. The first-order valence-corrected chi connectivity index (χ1v) is 8.34. The maximum Gasteiger partial charge on any atom is 0.351 e. The van der Waals surface area contributed by atoms with Crippen molar-refractivity contribution in [3.8, 4) is 0 Å². The van der Waals surface area contributed by atoms with Gasteiger partial charge in [-0.15, -0.1) is 0 Å². The minimum Gasteiger partial charge on any atom is -0.459 e. The molecule has 0 aromatic carbocycles. The number of allylic oxidation sites excluding steroid dienone is 1. The Bertz CT molecular complexity index is 604. The molecule has 2 bridgehead atoms. The molecule has 4 heteroatoms. The fraction of sp³-hybridized carbons (Fsp3) is 0.778. The van der Waals surface area contributed by atoms with Gasteiger partial charge in [-0.1, -0.05) is 25.5 Å². The van der Waals surface area contributed by atoms with Crippen molar-refractivity contribution in [2.24, 2.45) is 22.7 Å². The van der Waals surface area contributed by atoms with Crippen molar-refractivity contribution in [3.05, 3.63) is 11.6 Å². The number of carbonyl (C=O) groups excluding carboxylic acids is 2. The average Bonchev–Trinajstić information content (AvgIpc) is 2.87. The van der Waals surface area contributed by atoms with Gasteiger partial charge in [0.2, 0.25) is 5.60 Å². The van der Waals surface area contributed by atoms with Crippen LogP contribution in [-0.2, 0) is 19.1 Å². The number of carbonyl (C=O) groups is 2. The topological polar surface area (TPSA) is 52.6 Å². The molecule has 1 heterocycles. The molecule has 4 rings (SSSR count). The molecule has 22 heavy (non-hydrogen) atoms. The minimum atomic E-state index is -1.08. The van der Waals surface area contributed by atoms with Gasteiger partial charge in [0.05, 0.1) is 5.41 Å². The normalized spacial score (nSPS) is 47.5. The molecule has 120 valence electrons. The smallest absolute Gasteiger partial charge is 0.351 e. The van der Waals surface area contributed by atoms with Crippen molar-refractivity contribution in [1.29, 1.82) is 0 Å². The summed E-state index contributed by atoms with van der Waals surface area (Å²) in [7, 11) is 0. The first-order chi connectivity index (χ1) is 10.2. The zero-order valence-corrected chi connectivity index (χ0v) is 13.8. The monoisotopic (exact) mass is 304 g/mol. The van der Waals surface area contributed by atoms with Gasteiger partial charge in [0, 0.05) is 11.3 Å². The number of hydrogen-bond acceptors (Lipinski definition) is 4. The highest BCUT2D eigenvalue weighted by Crippen LogP contribution is 2.66.